The molecule has 0 amide bonds. The van der Waals surface area contributed by atoms with Crippen molar-refractivity contribution in [2.24, 2.45) is 0 Å². The van der Waals surface area contributed by atoms with Crippen LogP contribution in [-0.4, -0.2) is 96.0 Å². The number of aliphatic hydroxyl groups is 3. The quantitative estimate of drug-likeness (QED) is 0.0207. The Kier molecular flexibility index (Phi) is 32.3. The molecule has 1 aliphatic heterocycles. The highest BCUT2D eigenvalue weighted by Crippen LogP contribution is 2.24. The largest absolute Gasteiger partial charge is 0.462 e. The molecule has 1 rings (SSSR count). The van der Waals surface area contributed by atoms with Crippen molar-refractivity contribution in [1.29, 1.82) is 0 Å². The highest BCUT2D eigenvalue weighted by molar-refractivity contribution is 7.85. The van der Waals surface area contributed by atoms with Crippen molar-refractivity contribution in [3.8, 4) is 0 Å². The number of rotatable bonds is 35. The maximum Gasteiger partial charge on any atom is 0.306 e. The SMILES string of the molecule is CC/C=C\CCCCCCCCCCCC(=O)O[C@H](COC(=O)CCC/C=C\C/C=C\C/C=C\C/C=C\CCCCC)CO[C@H]1O[C@H](CS(=O)(=O)O)[C@@H](O)C(O)C1O. The molecule has 0 bridgehead atoms. The Morgan fingerprint density at radius 3 is 1.67 bits per heavy atom. The number of carbonyl (C=O) groups excluding carboxylic acids is 2. The summed E-state index contributed by atoms with van der Waals surface area (Å²) >= 11 is 0. The summed E-state index contributed by atoms with van der Waals surface area (Å²) in [6, 6.07) is 0. The minimum Gasteiger partial charge on any atom is -0.462 e. The molecule has 0 aliphatic carbocycles. The van der Waals surface area contributed by atoms with Gasteiger partial charge in [0.1, 0.15) is 36.8 Å². The van der Waals surface area contributed by atoms with E-state index in [0.29, 0.717) is 19.3 Å². The normalized spacial score (nSPS) is 21.0. The summed E-state index contributed by atoms with van der Waals surface area (Å²) in [4.78, 5) is 25.3. The van der Waals surface area contributed by atoms with Crippen LogP contribution in [0.5, 0.6) is 0 Å². The molecule has 0 aromatic rings. The van der Waals surface area contributed by atoms with Gasteiger partial charge in [0.2, 0.25) is 0 Å². The lowest BCUT2D eigenvalue weighted by atomic mass is 10.00. The molecule has 4 N–H and O–H groups in total. The van der Waals surface area contributed by atoms with Gasteiger partial charge >= 0.3 is 11.9 Å². The Balaban J connectivity index is 2.51. The summed E-state index contributed by atoms with van der Waals surface area (Å²) in [5.41, 5.74) is 0. The fourth-order valence-electron chi connectivity index (χ4n) is 6.20. The second-order valence-electron chi connectivity index (χ2n) is 15.0. The predicted octanol–water partition coefficient (Wildman–Crippen LogP) is 8.56. The van der Waals surface area contributed by atoms with Gasteiger partial charge in [-0.1, -0.05) is 132 Å². The van der Waals surface area contributed by atoms with E-state index in [9.17, 15) is 37.9 Å². The lowest BCUT2D eigenvalue weighted by Crippen LogP contribution is -2.60. The summed E-state index contributed by atoms with van der Waals surface area (Å²) in [5, 5.41) is 30.8. The second kappa shape index (κ2) is 35.1. The third kappa shape index (κ3) is 29.5. The Morgan fingerprint density at radius 1 is 0.603 bits per heavy atom. The van der Waals surface area contributed by atoms with Crippen LogP contribution < -0.4 is 0 Å². The Bertz CT molecular complexity index is 1310. The van der Waals surface area contributed by atoms with Crippen molar-refractivity contribution < 1.29 is 56.8 Å². The van der Waals surface area contributed by atoms with Crippen LogP contribution in [-0.2, 0) is 38.7 Å². The number of ether oxygens (including phenoxy) is 4. The molecule has 1 fully saturated rings. The van der Waals surface area contributed by atoms with Crippen LogP contribution in [0.3, 0.4) is 0 Å². The molecule has 58 heavy (non-hydrogen) atoms. The molecule has 13 heteroatoms. The lowest BCUT2D eigenvalue weighted by molar-refractivity contribution is -0.297. The Hall–Kier alpha value is -2.65. The smallest absolute Gasteiger partial charge is 0.306 e. The number of unbranched alkanes of at least 4 members (excludes halogenated alkanes) is 13. The number of hydrogen-bond donors (Lipinski definition) is 4. The van der Waals surface area contributed by atoms with Crippen LogP contribution in [0.25, 0.3) is 0 Å². The van der Waals surface area contributed by atoms with E-state index < -0.39 is 71.2 Å². The summed E-state index contributed by atoms with van der Waals surface area (Å²) in [6.07, 6.45) is 32.8. The molecule has 334 valence electrons. The first-order valence-corrected chi connectivity index (χ1v) is 23.5. The minimum absolute atomic E-state index is 0.141. The maximum absolute atomic E-state index is 12.8. The maximum atomic E-state index is 12.8. The monoisotopic (exact) mass is 841 g/mol. The molecule has 0 saturated carbocycles. The van der Waals surface area contributed by atoms with Gasteiger partial charge in [-0.05, 0) is 70.6 Å². The van der Waals surface area contributed by atoms with E-state index in [1.54, 1.807) is 0 Å². The zero-order valence-corrected chi connectivity index (χ0v) is 36.2. The minimum atomic E-state index is -4.61. The van der Waals surface area contributed by atoms with Gasteiger partial charge in [0.25, 0.3) is 10.1 Å². The van der Waals surface area contributed by atoms with Crippen LogP contribution >= 0.6 is 0 Å². The molecular weight excluding hydrogens is 765 g/mol. The fourth-order valence-corrected chi connectivity index (χ4v) is 6.89. The average molecular weight is 841 g/mol. The molecule has 6 atom stereocenters. The first kappa shape index (κ1) is 53.4. The number of aliphatic hydroxyl groups excluding tert-OH is 3. The zero-order chi connectivity index (χ0) is 42.7. The van der Waals surface area contributed by atoms with Crippen LogP contribution in [0.4, 0.5) is 0 Å². The number of hydrogen-bond acceptors (Lipinski definition) is 11. The molecule has 2 unspecified atom stereocenters. The summed E-state index contributed by atoms with van der Waals surface area (Å²) in [5.74, 6) is -2.07. The van der Waals surface area contributed by atoms with E-state index in [1.165, 1.54) is 44.9 Å². The molecule has 1 heterocycles. The zero-order valence-electron chi connectivity index (χ0n) is 35.4. The highest BCUT2D eigenvalue weighted by Gasteiger charge is 2.46. The van der Waals surface area contributed by atoms with Gasteiger partial charge in [0.05, 0.1) is 6.61 Å². The average Bonchev–Trinajstić information content (AvgIpc) is 3.18. The number of allylic oxidation sites excluding steroid dienone is 10. The van der Waals surface area contributed by atoms with E-state index in [2.05, 4.69) is 62.5 Å². The second-order valence-corrected chi connectivity index (χ2v) is 16.5. The van der Waals surface area contributed by atoms with E-state index in [0.717, 1.165) is 64.2 Å². The van der Waals surface area contributed by atoms with Gasteiger partial charge in [-0.2, -0.15) is 8.42 Å². The molecule has 1 aliphatic rings. The molecule has 1 saturated heterocycles. The molecular formula is C45H76O12S. The molecule has 0 aromatic heterocycles. The first-order chi connectivity index (χ1) is 28.0. The van der Waals surface area contributed by atoms with E-state index in [1.807, 2.05) is 12.2 Å². The third-order valence-corrected chi connectivity index (χ3v) is 10.3. The van der Waals surface area contributed by atoms with Gasteiger partial charge in [0, 0.05) is 12.8 Å². The van der Waals surface area contributed by atoms with Crippen molar-refractivity contribution >= 4 is 22.1 Å². The third-order valence-electron chi connectivity index (χ3n) is 9.58. The summed E-state index contributed by atoms with van der Waals surface area (Å²) < 4.78 is 53.9. The highest BCUT2D eigenvalue weighted by atomic mass is 32.2. The van der Waals surface area contributed by atoms with E-state index >= 15 is 0 Å². The fraction of sp³-hybridized carbons (Fsp3) is 0.733. The summed E-state index contributed by atoms with van der Waals surface area (Å²) in [6.45, 7) is 3.58. The Morgan fingerprint density at radius 2 is 1.10 bits per heavy atom. The molecule has 0 spiro atoms. The number of carbonyl (C=O) groups is 2. The number of esters is 2. The molecule has 12 nitrogen and oxygen atoms in total. The van der Waals surface area contributed by atoms with Gasteiger partial charge in [-0.15, -0.1) is 0 Å². The molecule has 0 radical (unpaired) electrons. The van der Waals surface area contributed by atoms with Gasteiger partial charge < -0.3 is 34.3 Å². The van der Waals surface area contributed by atoms with E-state index in [4.69, 9.17) is 18.9 Å². The topological polar surface area (TPSA) is 186 Å². The van der Waals surface area contributed by atoms with Gasteiger partial charge in [0.15, 0.2) is 12.4 Å². The van der Waals surface area contributed by atoms with Crippen molar-refractivity contribution in [3.05, 3.63) is 60.8 Å². The van der Waals surface area contributed by atoms with Gasteiger partial charge in [-0.3, -0.25) is 14.1 Å². The lowest BCUT2D eigenvalue weighted by Gasteiger charge is -2.40. The van der Waals surface area contributed by atoms with Crippen molar-refractivity contribution in [2.45, 2.75) is 192 Å². The van der Waals surface area contributed by atoms with Crippen LogP contribution in [0.2, 0.25) is 0 Å². The van der Waals surface area contributed by atoms with Crippen LogP contribution in [0.15, 0.2) is 60.8 Å². The van der Waals surface area contributed by atoms with E-state index in [-0.39, 0.29) is 19.4 Å². The predicted molar refractivity (Wildman–Crippen MR) is 229 cm³/mol. The van der Waals surface area contributed by atoms with Gasteiger partial charge in [-0.25, -0.2) is 0 Å². The van der Waals surface area contributed by atoms with Crippen LogP contribution in [0.1, 0.15) is 155 Å². The standard InChI is InChI=1S/C45H76O12S/c1-3-5-7-9-11-13-15-17-18-19-20-22-23-25-27-29-31-33-40(46)54-35-38(36-55-45-44(50)43(49)42(48)39(57-45)37-58(51,52)53)56-41(47)34-32-30-28-26-24-21-16-14-12-10-8-6-4-2/h6,8,11,13,17-18,20,22,25,27,38-39,42-45,48-50H,3-5,7,9-10,12,14-16,19,21,23-24,26,28-37H2,1-2H3,(H,51,52,53)/b8-6-,13-11-,18-17-,22-20-,27-25-/t38-,39-,42-,43?,44?,45+/m1/s1. The van der Waals surface area contributed by atoms with Crippen LogP contribution in [0, 0.1) is 0 Å². The summed E-state index contributed by atoms with van der Waals surface area (Å²) in [7, 11) is -4.61. The molecule has 0 aromatic carbocycles. The van der Waals surface area contributed by atoms with Crippen molar-refractivity contribution in [3.63, 3.8) is 0 Å². The Labute approximate surface area is 349 Å². The first-order valence-electron chi connectivity index (χ1n) is 21.8. The van der Waals surface area contributed by atoms with Crippen molar-refractivity contribution in [1.82, 2.24) is 0 Å². The van der Waals surface area contributed by atoms with Crippen molar-refractivity contribution in [2.75, 3.05) is 19.0 Å².